The van der Waals surface area contributed by atoms with Crippen LogP contribution in [0.15, 0.2) is 29.3 Å². The maximum absolute atomic E-state index is 6.22. The van der Waals surface area contributed by atoms with E-state index in [1.807, 2.05) is 18.2 Å². The smallest absolute Gasteiger partial charge is 0.189 e. The Balaban J connectivity index is 0.00000243. The molecule has 0 amide bonds. The predicted molar refractivity (Wildman–Crippen MR) is 118 cm³/mol. The van der Waals surface area contributed by atoms with Crippen LogP contribution in [0.4, 0.5) is 0 Å². The second kappa shape index (κ2) is 10.3. The lowest BCUT2D eigenvalue weighted by Gasteiger charge is -2.34. The van der Waals surface area contributed by atoms with Crippen LogP contribution in [0, 0.1) is 5.92 Å². The Bertz CT molecular complexity index is 587. The number of hydrogen-bond acceptors (Lipinski definition) is 3. The third-order valence-corrected chi connectivity index (χ3v) is 5.59. The molecule has 1 heterocycles. The summed E-state index contributed by atoms with van der Waals surface area (Å²) in [6, 6.07) is 8.82. The molecule has 0 bridgehead atoms. The average molecular weight is 472 g/mol. The van der Waals surface area contributed by atoms with Crippen LogP contribution in [-0.2, 0) is 0 Å². The first-order valence-electron chi connectivity index (χ1n) is 9.59. The van der Waals surface area contributed by atoms with Gasteiger partial charge in [0, 0.05) is 18.0 Å². The normalized spacial score (nSPS) is 22.1. The standard InChI is InChI=1S/C20H32N4O.HI/c1-24(2)18(15-8-4-3-5-9-15)14-22-20(21)23-17-12-13-25-19-11-7-6-10-16(17)19;/h6-7,10-11,15,17-18H,3-5,8-9,12-14H2,1-2H3,(H3,21,22,23);1H. The molecular formula is C20H33IN4O. The SMILES string of the molecule is CN(C)C(CN=C(N)NC1CCOc2ccccc21)C1CCCCC1.I. The highest BCUT2D eigenvalue weighted by molar-refractivity contribution is 14.0. The van der Waals surface area contributed by atoms with E-state index < -0.39 is 0 Å². The van der Waals surface area contributed by atoms with Gasteiger partial charge in [0.15, 0.2) is 5.96 Å². The molecule has 2 aliphatic rings. The fourth-order valence-corrected chi connectivity index (χ4v) is 4.16. The summed E-state index contributed by atoms with van der Waals surface area (Å²) >= 11 is 0. The van der Waals surface area contributed by atoms with Crippen molar-refractivity contribution in [1.29, 1.82) is 0 Å². The first-order valence-corrected chi connectivity index (χ1v) is 9.59. The molecule has 2 unspecified atom stereocenters. The average Bonchev–Trinajstić information content (AvgIpc) is 2.63. The Morgan fingerprint density at radius 3 is 2.69 bits per heavy atom. The van der Waals surface area contributed by atoms with Crippen molar-refractivity contribution in [3.63, 3.8) is 0 Å². The number of hydrogen-bond donors (Lipinski definition) is 2. The molecule has 3 rings (SSSR count). The summed E-state index contributed by atoms with van der Waals surface area (Å²) in [7, 11) is 4.32. The molecule has 2 atom stereocenters. The number of ether oxygens (including phenoxy) is 1. The zero-order chi connectivity index (χ0) is 17.6. The molecule has 1 aliphatic heterocycles. The molecular weight excluding hydrogens is 439 g/mol. The quantitative estimate of drug-likeness (QED) is 0.391. The highest BCUT2D eigenvalue weighted by Crippen LogP contribution is 2.31. The van der Waals surface area contributed by atoms with Gasteiger partial charge < -0.3 is 20.7 Å². The molecule has 1 fully saturated rings. The highest BCUT2D eigenvalue weighted by Gasteiger charge is 2.25. The molecule has 0 saturated heterocycles. The number of nitrogens with two attached hydrogens (primary N) is 1. The summed E-state index contributed by atoms with van der Waals surface area (Å²) in [5.41, 5.74) is 7.39. The van der Waals surface area contributed by atoms with Crippen molar-refractivity contribution >= 4 is 29.9 Å². The number of rotatable bonds is 5. The van der Waals surface area contributed by atoms with E-state index in [-0.39, 0.29) is 30.0 Å². The summed E-state index contributed by atoms with van der Waals surface area (Å²) in [5, 5.41) is 3.40. The van der Waals surface area contributed by atoms with Crippen LogP contribution in [0.1, 0.15) is 50.1 Å². The summed E-state index contributed by atoms with van der Waals surface area (Å²) in [6.45, 7) is 1.48. The van der Waals surface area contributed by atoms with Gasteiger partial charge in [-0.25, -0.2) is 0 Å². The van der Waals surface area contributed by atoms with Crippen LogP contribution in [0.5, 0.6) is 5.75 Å². The zero-order valence-electron chi connectivity index (χ0n) is 16.0. The summed E-state index contributed by atoms with van der Waals surface area (Å²) in [4.78, 5) is 7.00. The second-order valence-electron chi connectivity index (χ2n) is 7.53. The Morgan fingerprint density at radius 1 is 1.23 bits per heavy atom. The van der Waals surface area contributed by atoms with Crippen LogP contribution < -0.4 is 15.8 Å². The lowest BCUT2D eigenvalue weighted by atomic mass is 9.83. The van der Waals surface area contributed by atoms with Crippen molar-refractivity contribution in [2.24, 2.45) is 16.6 Å². The fourth-order valence-electron chi connectivity index (χ4n) is 4.16. The number of guanidine groups is 1. The van der Waals surface area contributed by atoms with Gasteiger partial charge in [0.05, 0.1) is 19.2 Å². The van der Waals surface area contributed by atoms with Crippen molar-refractivity contribution in [1.82, 2.24) is 10.2 Å². The first-order chi connectivity index (χ1) is 12.1. The minimum Gasteiger partial charge on any atom is -0.493 e. The van der Waals surface area contributed by atoms with Crippen molar-refractivity contribution in [2.75, 3.05) is 27.2 Å². The largest absolute Gasteiger partial charge is 0.493 e. The summed E-state index contributed by atoms with van der Waals surface area (Å²) in [5.74, 6) is 2.24. The minimum atomic E-state index is 0. The highest BCUT2D eigenvalue weighted by atomic mass is 127. The van der Waals surface area contributed by atoms with Gasteiger partial charge in [0.25, 0.3) is 0 Å². The topological polar surface area (TPSA) is 62.9 Å². The van der Waals surface area contributed by atoms with Gasteiger partial charge in [0.1, 0.15) is 5.75 Å². The van der Waals surface area contributed by atoms with Crippen LogP contribution in [-0.4, -0.2) is 44.1 Å². The van der Waals surface area contributed by atoms with E-state index in [4.69, 9.17) is 10.5 Å². The zero-order valence-corrected chi connectivity index (χ0v) is 18.3. The van der Waals surface area contributed by atoms with Gasteiger partial charge in [-0.1, -0.05) is 37.5 Å². The lowest BCUT2D eigenvalue weighted by molar-refractivity contribution is 0.176. The van der Waals surface area contributed by atoms with Gasteiger partial charge in [0.2, 0.25) is 0 Å². The van der Waals surface area contributed by atoms with Crippen molar-refractivity contribution < 1.29 is 4.74 Å². The maximum atomic E-state index is 6.22. The van der Waals surface area contributed by atoms with Crippen molar-refractivity contribution in [2.45, 2.75) is 50.6 Å². The van der Waals surface area contributed by atoms with Crippen LogP contribution in [0.25, 0.3) is 0 Å². The third-order valence-electron chi connectivity index (χ3n) is 5.59. The van der Waals surface area contributed by atoms with E-state index in [0.29, 0.717) is 18.6 Å². The number of benzene rings is 1. The van der Waals surface area contributed by atoms with Crippen LogP contribution in [0.2, 0.25) is 0 Å². The van der Waals surface area contributed by atoms with Gasteiger partial charge in [-0.3, -0.25) is 4.99 Å². The molecule has 1 aromatic carbocycles. The lowest BCUT2D eigenvalue weighted by Crippen LogP contribution is -2.41. The molecule has 6 heteroatoms. The maximum Gasteiger partial charge on any atom is 0.189 e. The van der Waals surface area contributed by atoms with E-state index in [9.17, 15) is 0 Å². The Kier molecular flexibility index (Phi) is 8.47. The minimum absolute atomic E-state index is 0. The summed E-state index contributed by atoms with van der Waals surface area (Å²) < 4.78 is 5.72. The van der Waals surface area contributed by atoms with Crippen LogP contribution in [0.3, 0.4) is 0 Å². The number of nitrogens with one attached hydrogen (secondary N) is 1. The van der Waals surface area contributed by atoms with Gasteiger partial charge in [-0.15, -0.1) is 24.0 Å². The Morgan fingerprint density at radius 2 is 1.96 bits per heavy atom. The molecule has 0 radical (unpaired) electrons. The molecule has 0 aromatic heterocycles. The van der Waals surface area contributed by atoms with E-state index in [1.165, 1.54) is 37.7 Å². The molecule has 0 spiro atoms. The van der Waals surface area contributed by atoms with Gasteiger partial charge in [-0.2, -0.15) is 0 Å². The molecule has 3 N–H and O–H groups in total. The van der Waals surface area contributed by atoms with E-state index >= 15 is 0 Å². The Labute approximate surface area is 174 Å². The third kappa shape index (κ3) is 5.49. The summed E-state index contributed by atoms with van der Waals surface area (Å²) in [6.07, 6.45) is 7.63. The fraction of sp³-hybridized carbons (Fsp3) is 0.650. The monoisotopic (exact) mass is 472 g/mol. The molecule has 1 aliphatic carbocycles. The molecule has 1 aromatic rings. The first kappa shape index (κ1) is 21.3. The molecule has 146 valence electrons. The van der Waals surface area contributed by atoms with E-state index in [0.717, 1.165) is 24.6 Å². The molecule has 26 heavy (non-hydrogen) atoms. The second-order valence-corrected chi connectivity index (χ2v) is 7.53. The number of nitrogens with zero attached hydrogens (tertiary/aromatic N) is 2. The molecule has 1 saturated carbocycles. The van der Waals surface area contributed by atoms with Gasteiger partial charge >= 0.3 is 0 Å². The number of likely N-dealkylation sites (N-methyl/N-ethyl adjacent to an activating group) is 1. The van der Waals surface area contributed by atoms with E-state index in [1.54, 1.807) is 0 Å². The van der Waals surface area contributed by atoms with Crippen molar-refractivity contribution in [3.05, 3.63) is 29.8 Å². The number of halogens is 1. The number of fused-ring (bicyclic) bond motifs is 1. The Hall–Kier alpha value is -1.02. The van der Waals surface area contributed by atoms with Gasteiger partial charge in [-0.05, 0) is 38.9 Å². The number of para-hydroxylation sites is 1. The number of aliphatic imine (C=N–C) groups is 1. The molecule has 5 nitrogen and oxygen atoms in total. The van der Waals surface area contributed by atoms with Crippen LogP contribution >= 0.6 is 24.0 Å². The van der Waals surface area contributed by atoms with E-state index in [2.05, 4.69) is 35.4 Å². The van der Waals surface area contributed by atoms with Crippen molar-refractivity contribution in [3.8, 4) is 5.75 Å². The predicted octanol–water partition coefficient (Wildman–Crippen LogP) is 3.54.